The van der Waals surface area contributed by atoms with Crippen LogP contribution in [0.15, 0.2) is 32.2 Å². The van der Waals surface area contributed by atoms with Crippen LogP contribution in [-0.2, 0) is 13.1 Å². The molecule has 3 rings (SSSR count). The standard InChI is InChI=1S/C17H21BrN4O3.HI/c1-10(2)14-6-12(25-22-14)8-21-17(19-3)20-7-11-4-13(18)16-15(5-11)23-9-24-16;/h4-6,10H,7-9H2,1-3H3,(H2,19,20,21);1H. The van der Waals surface area contributed by atoms with Crippen molar-refractivity contribution in [3.63, 3.8) is 0 Å². The minimum absolute atomic E-state index is 0. The van der Waals surface area contributed by atoms with Gasteiger partial charge in [0.25, 0.3) is 0 Å². The van der Waals surface area contributed by atoms with Gasteiger partial charge in [-0.05, 0) is 39.5 Å². The van der Waals surface area contributed by atoms with E-state index < -0.39 is 0 Å². The highest BCUT2D eigenvalue weighted by atomic mass is 127. The molecule has 1 aromatic carbocycles. The van der Waals surface area contributed by atoms with Crippen LogP contribution in [0.5, 0.6) is 11.5 Å². The molecule has 0 fully saturated rings. The molecule has 0 amide bonds. The number of hydrogen-bond donors (Lipinski definition) is 2. The molecule has 2 N–H and O–H groups in total. The first-order valence-electron chi connectivity index (χ1n) is 8.05. The van der Waals surface area contributed by atoms with Crippen molar-refractivity contribution in [1.82, 2.24) is 15.8 Å². The summed E-state index contributed by atoms with van der Waals surface area (Å²) in [6, 6.07) is 5.91. The molecule has 9 heteroatoms. The summed E-state index contributed by atoms with van der Waals surface area (Å²) in [6.07, 6.45) is 0. The van der Waals surface area contributed by atoms with Crippen LogP contribution in [0.3, 0.4) is 0 Å². The number of guanidine groups is 1. The van der Waals surface area contributed by atoms with Crippen molar-refractivity contribution in [3.05, 3.63) is 39.7 Å². The van der Waals surface area contributed by atoms with E-state index in [4.69, 9.17) is 14.0 Å². The molecule has 0 atom stereocenters. The van der Waals surface area contributed by atoms with Gasteiger partial charge >= 0.3 is 0 Å². The average molecular weight is 537 g/mol. The van der Waals surface area contributed by atoms with Gasteiger partial charge in [-0.3, -0.25) is 4.99 Å². The third kappa shape index (κ3) is 5.03. The summed E-state index contributed by atoms with van der Waals surface area (Å²) in [5.74, 6) is 3.29. The molecule has 2 heterocycles. The van der Waals surface area contributed by atoms with Crippen molar-refractivity contribution in [2.75, 3.05) is 13.8 Å². The van der Waals surface area contributed by atoms with Gasteiger partial charge in [-0.25, -0.2) is 0 Å². The third-order valence-corrected chi connectivity index (χ3v) is 4.36. The van der Waals surface area contributed by atoms with Crippen molar-refractivity contribution < 1.29 is 14.0 Å². The van der Waals surface area contributed by atoms with Gasteiger partial charge in [-0.15, -0.1) is 24.0 Å². The Labute approximate surface area is 178 Å². The zero-order chi connectivity index (χ0) is 17.8. The molecule has 2 aromatic rings. The van der Waals surface area contributed by atoms with Gasteiger partial charge in [0.1, 0.15) is 0 Å². The van der Waals surface area contributed by atoms with Crippen molar-refractivity contribution in [1.29, 1.82) is 0 Å². The number of aliphatic imine (C=N–C) groups is 1. The lowest BCUT2D eigenvalue weighted by Gasteiger charge is -2.11. The lowest BCUT2D eigenvalue weighted by molar-refractivity contribution is 0.173. The normalized spacial score (nSPS) is 12.9. The average Bonchev–Trinajstić information content (AvgIpc) is 3.24. The Kier molecular flexibility index (Phi) is 7.56. The number of aromatic nitrogens is 1. The first-order chi connectivity index (χ1) is 12.1. The molecule has 0 bridgehead atoms. The molecule has 142 valence electrons. The topological polar surface area (TPSA) is 80.9 Å². The summed E-state index contributed by atoms with van der Waals surface area (Å²) in [5, 5.41) is 10.5. The number of ether oxygens (including phenoxy) is 2. The molecule has 0 saturated carbocycles. The fourth-order valence-electron chi connectivity index (χ4n) is 2.38. The zero-order valence-corrected chi connectivity index (χ0v) is 18.8. The van der Waals surface area contributed by atoms with E-state index in [-0.39, 0.29) is 30.8 Å². The zero-order valence-electron chi connectivity index (χ0n) is 14.8. The maximum Gasteiger partial charge on any atom is 0.231 e. The van der Waals surface area contributed by atoms with Crippen LogP contribution in [0.4, 0.5) is 0 Å². The molecule has 1 aliphatic rings. The fourth-order valence-corrected chi connectivity index (χ4v) is 2.99. The molecular weight excluding hydrogens is 515 g/mol. The van der Waals surface area contributed by atoms with Crippen molar-refractivity contribution in [2.24, 2.45) is 4.99 Å². The SMILES string of the molecule is CN=C(NCc1cc(Br)c2c(c1)OCO2)NCc1cc(C(C)C)no1.I. The Morgan fingerprint density at radius 1 is 1.23 bits per heavy atom. The Balaban J connectivity index is 0.00000243. The summed E-state index contributed by atoms with van der Waals surface area (Å²) >= 11 is 3.50. The summed E-state index contributed by atoms with van der Waals surface area (Å²) < 4.78 is 17.0. The first-order valence-corrected chi connectivity index (χ1v) is 8.84. The number of fused-ring (bicyclic) bond motifs is 1. The van der Waals surface area contributed by atoms with Crippen LogP contribution in [0.2, 0.25) is 0 Å². The van der Waals surface area contributed by atoms with E-state index in [0.717, 1.165) is 33.0 Å². The highest BCUT2D eigenvalue weighted by Crippen LogP contribution is 2.39. The highest BCUT2D eigenvalue weighted by molar-refractivity contribution is 14.0. The third-order valence-electron chi connectivity index (χ3n) is 3.77. The number of nitrogens with one attached hydrogen (secondary N) is 2. The largest absolute Gasteiger partial charge is 0.454 e. The van der Waals surface area contributed by atoms with Crippen LogP contribution in [0.25, 0.3) is 0 Å². The Morgan fingerprint density at radius 2 is 2.00 bits per heavy atom. The predicted octanol–water partition coefficient (Wildman–Crippen LogP) is 3.77. The van der Waals surface area contributed by atoms with E-state index in [9.17, 15) is 0 Å². The maximum absolute atomic E-state index is 5.43. The lowest BCUT2D eigenvalue weighted by atomic mass is 10.1. The summed E-state index contributed by atoms with van der Waals surface area (Å²) in [7, 11) is 1.73. The predicted molar refractivity (Wildman–Crippen MR) is 113 cm³/mol. The Morgan fingerprint density at radius 3 is 2.69 bits per heavy atom. The van der Waals surface area contributed by atoms with Crippen molar-refractivity contribution >= 4 is 45.9 Å². The second-order valence-electron chi connectivity index (χ2n) is 5.96. The van der Waals surface area contributed by atoms with E-state index in [1.54, 1.807) is 7.05 Å². The summed E-state index contributed by atoms with van der Waals surface area (Å²) in [5.41, 5.74) is 2.01. The van der Waals surface area contributed by atoms with Crippen molar-refractivity contribution in [3.8, 4) is 11.5 Å². The fraction of sp³-hybridized carbons (Fsp3) is 0.412. The molecule has 1 aliphatic heterocycles. The van der Waals surface area contributed by atoms with Gasteiger partial charge in [0.05, 0.1) is 16.7 Å². The molecule has 0 saturated heterocycles. The van der Waals surface area contributed by atoms with Gasteiger partial charge < -0.3 is 24.6 Å². The number of rotatable bonds is 5. The number of nitrogens with zero attached hydrogens (tertiary/aromatic N) is 2. The van der Waals surface area contributed by atoms with Crippen LogP contribution >= 0.6 is 39.9 Å². The van der Waals surface area contributed by atoms with E-state index in [2.05, 4.69) is 50.6 Å². The van der Waals surface area contributed by atoms with Gasteiger partial charge in [-0.1, -0.05) is 19.0 Å². The number of hydrogen-bond acceptors (Lipinski definition) is 5. The minimum atomic E-state index is 0. The minimum Gasteiger partial charge on any atom is -0.454 e. The van der Waals surface area contributed by atoms with E-state index in [1.165, 1.54) is 0 Å². The summed E-state index contributed by atoms with van der Waals surface area (Å²) in [6.45, 7) is 5.54. The highest BCUT2D eigenvalue weighted by Gasteiger charge is 2.18. The molecule has 7 nitrogen and oxygen atoms in total. The molecule has 0 spiro atoms. The quantitative estimate of drug-likeness (QED) is 0.344. The summed E-state index contributed by atoms with van der Waals surface area (Å²) in [4.78, 5) is 4.22. The van der Waals surface area contributed by atoms with Crippen LogP contribution in [0.1, 0.15) is 36.8 Å². The molecule has 0 aliphatic carbocycles. The van der Waals surface area contributed by atoms with Crippen LogP contribution in [0, 0.1) is 0 Å². The van der Waals surface area contributed by atoms with Gasteiger partial charge in [0, 0.05) is 19.7 Å². The van der Waals surface area contributed by atoms with Crippen LogP contribution in [-0.4, -0.2) is 25.0 Å². The molecule has 1 aromatic heterocycles. The molecule has 0 unspecified atom stereocenters. The lowest BCUT2D eigenvalue weighted by Crippen LogP contribution is -2.36. The maximum atomic E-state index is 5.43. The van der Waals surface area contributed by atoms with E-state index in [0.29, 0.717) is 25.0 Å². The van der Waals surface area contributed by atoms with Crippen LogP contribution < -0.4 is 20.1 Å². The molecule has 26 heavy (non-hydrogen) atoms. The number of halogens is 2. The second kappa shape index (κ2) is 9.45. The second-order valence-corrected chi connectivity index (χ2v) is 6.82. The Hall–Kier alpha value is -1.49. The smallest absolute Gasteiger partial charge is 0.231 e. The monoisotopic (exact) mass is 536 g/mol. The van der Waals surface area contributed by atoms with Crippen molar-refractivity contribution in [2.45, 2.75) is 32.9 Å². The first kappa shape index (κ1) is 20.8. The van der Waals surface area contributed by atoms with Gasteiger partial charge in [0.2, 0.25) is 6.79 Å². The van der Waals surface area contributed by atoms with E-state index >= 15 is 0 Å². The van der Waals surface area contributed by atoms with Gasteiger partial charge in [0.15, 0.2) is 23.2 Å². The van der Waals surface area contributed by atoms with E-state index in [1.807, 2.05) is 18.2 Å². The Bertz CT molecular complexity index is 779. The number of benzene rings is 1. The molecular formula is C17H22BrIN4O3. The molecule has 0 radical (unpaired) electrons. The van der Waals surface area contributed by atoms with Gasteiger partial charge in [-0.2, -0.15) is 0 Å².